The molecule has 0 atom stereocenters. The van der Waals surface area contributed by atoms with Crippen LogP contribution in [0.4, 0.5) is 4.39 Å². The summed E-state index contributed by atoms with van der Waals surface area (Å²) in [6, 6.07) is 14.6. The quantitative estimate of drug-likeness (QED) is 0.711. The van der Waals surface area contributed by atoms with Crippen LogP contribution in [0.1, 0.15) is 31.4 Å². The lowest BCUT2D eigenvalue weighted by Gasteiger charge is -2.30. The van der Waals surface area contributed by atoms with Crippen LogP contribution in [0.25, 0.3) is 16.6 Å². The van der Waals surface area contributed by atoms with Crippen molar-refractivity contribution in [3.8, 4) is 5.69 Å². The summed E-state index contributed by atoms with van der Waals surface area (Å²) in [4.78, 5) is 13.4. The Morgan fingerprint density at radius 3 is 2.44 bits per heavy atom. The van der Waals surface area contributed by atoms with Gasteiger partial charge in [-0.2, -0.15) is 5.10 Å². The Kier molecular flexibility index (Phi) is 3.99. The Hall–Kier alpha value is -2.69. The zero-order valence-electron chi connectivity index (χ0n) is 14.2. The first-order chi connectivity index (χ1) is 12.1. The molecule has 1 aliphatic heterocycles. The van der Waals surface area contributed by atoms with Crippen molar-refractivity contribution in [3.63, 3.8) is 0 Å². The monoisotopic (exact) mass is 337 g/mol. The molecule has 0 aliphatic carbocycles. The standard InChI is InChI=1S/C20H20FN3O/c1-14(25)23-12-10-15(11-13-23)20-18-4-2-3-5-19(18)24(22-20)17-8-6-16(21)7-9-17/h2-9,15H,10-13H2,1H3. The minimum atomic E-state index is -0.253. The number of amides is 1. The van der Waals surface area contributed by atoms with E-state index in [1.54, 1.807) is 19.1 Å². The topological polar surface area (TPSA) is 38.1 Å². The van der Waals surface area contributed by atoms with Crippen molar-refractivity contribution in [2.45, 2.75) is 25.7 Å². The van der Waals surface area contributed by atoms with Gasteiger partial charge in [0.05, 0.1) is 16.9 Å². The van der Waals surface area contributed by atoms with Gasteiger partial charge in [0.15, 0.2) is 0 Å². The van der Waals surface area contributed by atoms with Crippen LogP contribution < -0.4 is 0 Å². The van der Waals surface area contributed by atoms with Gasteiger partial charge in [-0.1, -0.05) is 18.2 Å². The molecular formula is C20H20FN3O. The van der Waals surface area contributed by atoms with Gasteiger partial charge in [0.2, 0.25) is 5.91 Å². The van der Waals surface area contributed by atoms with E-state index in [0.29, 0.717) is 5.92 Å². The molecule has 0 spiro atoms. The van der Waals surface area contributed by atoms with E-state index in [1.807, 2.05) is 27.8 Å². The molecule has 1 saturated heterocycles. The molecule has 0 saturated carbocycles. The zero-order valence-corrected chi connectivity index (χ0v) is 14.2. The highest BCUT2D eigenvalue weighted by molar-refractivity contribution is 5.84. The van der Waals surface area contributed by atoms with Crippen molar-refractivity contribution in [2.75, 3.05) is 13.1 Å². The molecule has 1 aromatic heterocycles. The van der Waals surface area contributed by atoms with E-state index >= 15 is 0 Å². The van der Waals surface area contributed by atoms with Gasteiger partial charge in [-0.15, -0.1) is 0 Å². The predicted octanol–water partition coefficient (Wildman–Crippen LogP) is 3.89. The second kappa shape index (κ2) is 6.31. The van der Waals surface area contributed by atoms with E-state index in [4.69, 9.17) is 5.10 Å². The summed E-state index contributed by atoms with van der Waals surface area (Å²) in [5, 5.41) is 6.01. The number of benzene rings is 2. The number of likely N-dealkylation sites (tertiary alicyclic amines) is 1. The summed E-state index contributed by atoms with van der Waals surface area (Å²) in [7, 11) is 0. The van der Waals surface area contributed by atoms with Crippen LogP contribution in [0.15, 0.2) is 48.5 Å². The van der Waals surface area contributed by atoms with E-state index in [-0.39, 0.29) is 11.7 Å². The highest BCUT2D eigenvalue weighted by atomic mass is 19.1. The number of hydrogen-bond donors (Lipinski definition) is 0. The highest BCUT2D eigenvalue weighted by Crippen LogP contribution is 2.33. The summed E-state index contributed by atoms with van der Waals surface area (Å²) >= 11 is 0. The van der Waals surface area contributed by atoms with E-state index < -0.39 is 0 Å². The molecule has 1 fully saturated rings. The van der Waals surface area contributed by atoms with Crippen LogP contribution in [-0.2, 0) is 4.79 Å². The number of piperidine rings is 1. The van der Waals surface area contributed by atoms with E-state index in [0.717, 1.165) is 48.2 Å². The maximum Gasteiger partial charge on any atom is 0.219 e. The molecule has 4 rings (SSSR count). The lowest BCUT2D eigenvalue weighted by Crippen LogP contribution is -2.36. The number of halogens is 1. The Bertz CT molecular complexity index is 908. The van der Waals surface area contributed by atoms with Gasteiger partial charge in [-0.3, -0.25) is 4.79 Å². The number of carbonyl (C=O) groups is 1. The van der Waals surface area contributed by atoms with Gasteiger partial charge in [0.25, 0.3) is 0 Å². The molecule has 1 amide bonds. The summed E-state index contributed by atoms with van der Waals surface area (Å²) in [5.41, 5.74) is 2.95. The normalized spacial score (nSPS) is 15.7. The fourth-order valence-corrected chi connectivity index (χ4v) is 3.64. The lowest BCUT2D eigenvalue weighted by atomic mass is 9.91. The summed E-state index contributed by atoms with van der Waals surface area (Å²) in [6.45, 7) is 3.18. The number of aromatic nitrogens is 2. The van der Waals surface area contributed by atoms with Crippen molar-refractivity contribution < 1.29 is 9.18 Å². The second-order valence-corrected chi connectivity index (χ2v) is 6.57. The van der Waals surface area contributed by atoms with Crippen LogP contribution in [0.3, 0.4) is 0 Å². The van der Waals surface area contributed by atoms with Crippen molar-refractivity contribution >= 4 is 16.8 Å². The smallest absolute Gasteiger partial charge is 0.219 e. The van der Waals surface area contributed by atoms with Gasteiger partial charge >= 0.3 is 0 Å². The second-order valence-electron chi connectivity index (χ2n) is 6.57. The third-order valence-corrected chi connectivity index (χ3v) is 5.01. The molecular weight excluding hydrogens is 317 g/mol. The third-order valence-electron chi connectivity index (χ3n) is 5.01. The minimum Gasteiger partial charge on any atom is -0.343 e. The third kappa shape index (κ3) is 2.90. The molecule has 25 heavy (non-hydrogen) atoms. The van der Waals surface area contributed by atoms with Gasteiger partial charge in [0, 0.05) is 31.3 Å². The molecule has 128 valence electrons. The molecule has 1 aliphatic rings. The summed E-state index contributed by atoms with van der Waals surface area (Å²) in [6.07, 6.45) is 1.84. The van der Waals surface area contributed by atoms with Gasteiger partial charge in [-0.05, 0) is 43.2 Å². The van der Waals surface area contributed by atoms with Crippen LogP contribution >= 0.6 is 0 Å². The van der Waals surface area contributed by atoms with Crippen molar-refractivity contribution in [1.82, 2.24) is 14.7 Å². The maximum atomic E-state index is 13.3. The zero-order chi connectivity index (χ0) is 17.4. The molecule has 2 heterocycles. The first kappa shape index (κ1) is 15.8. The number of nitrogens with zero attached hydrogens (tertiary/aromatic N) is 3. The molecule has 4 nitrogen and oxygen atoms in total. The fourth-order valence-electron chi connectivity index (χ4n) is 3.64. The number of rotatable bonds is 2. The van der Waals surface area contributed by atoms with E-state index in [1.165, 1.54) is 12.1 Å². The van der Waals surface area contributed by atoms with E-state index in [2.05, 4.69) is 6.07 Å². The largest absolute Gasteiger partial charge is 0.343 e. The van der Waals surface area contributed by atoms with Crippen molar-refractivity contribution in [2.24, 2.45) is 0 Å². The number of carbonyl (C=O) groups excluding carboxylic acids is 1. The van der Waals surface area contributed by atoms with Gasteiger partial charge in [0.1, 0.15) is 5.82 Å². The average Bonchev–Trinajstić information content (AvgIpc) is 3.02. The Balaban J connectivity index is 1.73. The predicted molar refractivity (Wildman–Crippen MR) is 95.3 cm³/mol. The average molecular weight is 337 g/mol. The van der Waals surface area contributed by atoms with Crippen LogP contribution in [0.2, 0.25) is 0 Å². The van der Waals surface area contributed by atoms with Crippen molar-refractivity contribution in [1.29, 1.82) is 0 Å². The Morgan fingerprint density at radius 2 is 1.76 bits per heavy atom. The fraction of sp³-hybridized carbons (Fsp3) is 0.300. The van der Waals surface area contributed by atoms with Crippen LogP contribution in [0.5, 0.6) is 0 Å². The van der Waals surface area contributed by atoms with Gasteiger partial charge < -0.3 is 4.90 Å². The maximum absolute atomic E-state index is 13.3. The Morgan fingerprint density at radius 1 is 1.08 bits per heavy atom. The van der Waals surface area contributed by atoms with Crippen LogP contribution in [-0.4, -0.2) is 33.7 Å². The molecule has 2 aromatic carbocycles. The summed E-state index contributed by atoms with van der Waals surface area (Å²) in [5.74, 6) is 0.222. The molecule has 0 radical (unpaired) electrons. The lowest BCUT2D eigenvalue weighted by molar-refractivity contribution is -0.129. The number of hydrogen-bond acceptors (Lipinski definition) is 2. The SMILES string of the molecule is CC(=O)N1CCC(c2nn(-c3ccc(F)cc3)c3ccccc23)CC1. The Labute approximate surface area is 145 Å². The molecule has 3 aromatic rings. The highest BCUT2D eigenvalue weighted by Gasteiger charge is 2.26. The first-order valence-electron chi connectivity index (χ1n) is 8.62. The van der Waals surface area contributed by atoms with Gasteiger partial charge in [-0.25, -0.2) is 9.07 Å². The van der Waals surface area contributed by atoms with Crippen LogP contribution in [0, 0.1) is 5.82 Å². The molecule has 5 heteroatoms. The summed E-state index contributed by atoms with van der Waals surface area (Å²) < 4.78 is 15.1. The molecule has 0 bridgehead atoms. The van der Waals surface area contributed by atoms with E-state index in [9.17, 15) is 9.18 Å². The molecule has 0 N–H and O–H groups in total. The molecule has 0 unspecified atom stereocenters. The van der Waals surface area contributed by atoms with Crippen molar-refractivity contribution in [3.05, 3.63) is 60.0 Å². The number of para-hydroxylation sites is 1. The minimum absolute atomic E-state index is 0.139. The number of fused-ring (bicyclic) bond motifs is 1. The first-order valence-corrected chi connectivity index (χ1v) is 8.62.